The van der Waals surface area contributed by atoms with Crippen LogP contribution in [0.2, 0.25) is 0 Å². The number of hydrogen-bond acceptors (Lipinski definition) is 4. The van der Waals surface area contributed by atoms with Gasteiger partial charge in [-0.2, -0.15) is 0 Å². The highest BCUT2D eigenvalue weighted by molar-refractivity contribution is 6.03. The number of nitrogens with one attached hydrogen (secondary N) is 1. The zero-order chi connectivity index (χ0) is 19.7. The van der Waals surface area contributed by atoms with E-state index in [9.17, 15) is 4.79 Å². The van der Waals surface area contributed by atoms with E-state index in [1.165, 1.54) is 16.7 Å². The fourth-order valence-corrected chi connectivity index (χ4v) is 3.66. The molecular formula is C23H24N4O. The monoisotopic (exact) mass is 372 g/mol. The van der Waals surface area contributed by atoms with E-state index in [0.29, 0.717) is 11.5 Å². The first kappa shape index (κ1) is 18.2. The maximum Gasteiger partial charge on any atom is 0.274 e. The molecule has 0 aliphatic carbocycles. The number of hydrogen-bond donors (Lipinski definition) is 1. The van der Waals surface area contributed by atoms with Crippen molar-refractivity contribution in [2.45, 2.75) is 33.7 Å². The second kappa shape index (κ2) is 7.43. The Morgan fingerprint density at radius 1 is 1.00 bits per heavy atom. The minimum Gasteiger partial charge on any atom is -0.352 e. The summed E-state index contributed by atoms with van der Waals surface area (Å²) in [5.41, 5.74) is 6.10. The predicted octanol–water partition coefficient (Wildman–Crippen LogP) is 4.22. The summed E-state index contributed by atoms with van der Waals surface area (Å²) in [5, 5.41) is 2.98. The number of amides is 1. The average molecular weight is 372 g/mol. The van der Waals surface area contributed by atoms with Crippen molar-refractivity contribution < 1.29 is 4.79 Å². The summed E-state index contributed by atoms with van der Waals surface area (Å²) in [6.45, 7) is 7.53. The lowest BCUT2D eigenvalue weighted by Gasteiger charge is -2.30. The Hall–Kier alpha value is -3.21. The fraction of sp³-hybridized carbons (Fsp3) is 0.261. The van der Waals surface area contributed by atoms with E-state index in [1.54, 1.807) is 6.07 Å². The summed E-state index contributed by atoms with van der Waals surface area (Å²) in [6.07, 6.45) is 0.976. The summed E-state index contributed by atoms with van der Waals surface area (Å²) in [4.78, 5) is 24.0. The molecule has 1 amide bonds. The van der Waals surface area contributed by atoms with Crippen LogP contribution in [0.1, 0.15) is 38.6 Å². The first-order valence-corrected chi connectivity index (χ1v) is 9.55. The van der Waals surface area contributed by atoms with E-state index < -0.39 is 0 Å². The molecule has 5 heteroatoms. The Balaban J connectivity index is 1.58. The zero-order valence-electron chi connectivity index (χ0n) is 16.5. The molecule has 1 aromatic heterocycles. The average Bonchev–Trinajstić information content (AvgIpc) is 2.69. The minimum atomic E-state index is -0.212. The number of aromatic nitrogens is 2. The lowest BCUT2D eigenvalue weighted by molar-refractivity contribution is 0.102. The van der Waals surface area contributed by atoms with Gasteiger partial charge in [0.15, 0.2) is 0 Å². The van der Waals surface area contributed by atoms with Gasteiger partial charge in [0, 0.05) is 24.8 Å². The van der Waals surface area contributed by atoms with Crippen LogP contribution in [-0.4, -0.2) is 22.4 Å². The van der Waals surface area contributed by atoms with Gasteiger partial charge in [0.1, 0.15) is 17.3 Å². The van der Waals surface area contributed by atoms with E-state index in [0.717, 1.165) is 36.6 Å². The van der Waals surface area contributed by atoms with Gasteiger partial charge in [0.05, 0.1) is 0 Å². The van der Waals surface area contributed by atoms with Crippen molar-refractivity contribution in [3.8, 4) is 0 Å². The normalized spacial score (nSPS) is 13.2. The molecule has 0 saturated heterocycles. The first-order chi connectivity index (χ1) is 13.5. The van der Waals surface area contributed by atoms with Gasteiger partial charge in [-0.1, -0.05) is 42.0 Å². The Bertz CT molecular complexity index is 1040. The van der Waals surface area contributed by atoms with Crippen molar-refractivity contribution >= 4 is 17.4 Å². The summed E-state index contributed by atoms with van der Waals surface area (Å²) < 4.78 is 0. The molecule has 4 rings (SSSR count). The summed E-state index contributed by atoms with van der Waals surface area (Å²) in [5.74, 6) is 1.19. The van der Waals surface area contributed by atoms with Crippen molar-refractivity contribution in [3.05, 3.63) is 82.3 Å². The molecule has 1 aliphatic heterocycles. The molecule has 3 aromatic rings. The highest BCUT2D eigenvalue weighted by atomic mass is 16.1. The zero-order valence-corrected chi connectivity index (χ0v) is 16.5. The third-order valence-electron chi connectivity index (χ3n) is 5.14. The van der Waals surface area contributed by atoms with Crippen LogP contribution in [0.5, 0.6) is 0 Å². The molecule has 5 nitrogen and oxygen atoms in total. The van der Waals surface area contributed by atoms with Crippen molar-refractivity contribution in [2.24, 2.45) is 0 Å². The van der Waals surface area contributed by atoms with Gasteiger partial charge in [-0.3, -0.25) is 4.79 Å². The molecular weight excluding hydrogens is 348 g/mol. The molecule has 2 heterocycles. The number of aryl methyl sites for hydroxylation is 3. The van der Waals surface area contributed by atoms with Gasteiger partial charge in [-0.05, 0) is 49.9 Å². The number of anilines is 2. The third kappa shape index (κ3) is 3.74. The van der Waals surface area contributed by atoms with Crippen LogP contribution in [0.15, 0.2) is 48.5 Å². The molecule has 28 heavy (non-hydrogen) atoms. The molecule has 0 atom stereocenters. The van der Waals surface area contributed by atoms with E-state index >= 15 is 0 Å². The number of nitrogens with zero attached hydrogens (tertiary/aromatic N) is 3. The van der Waals surface area contributed by atoms with E-state index in [-0.39, 0.29) is 5.91 Å². The van der Waals surface area contributed by atoms with Crippen LogP contribution in [0.4, 0.5) is 11.5 Å². The molecule has 1 aliphatic rings. The van der Waals surface area contributed by atoms with Gasteiger partial charge in [0.2, 0.25) is 0 Å². The maximum absolute atomic E-state index is 12.8. The van der Waals surface area contributed by atoms with Crippen molar-refractivity contribution in [2.75, 3.05) is 16.8 Å². The Labute approximate surface area is 165 Å². The molecule has 0 spiro atoms. The topological polar surface area (TPSA) is 58.1 Å². The third-order valence-corrected chi connectivity index (χ3v) is 5.14. The van der Waals surface area contributed by atoms with Crippen molar-refractivity contribution in [1.82, 2.24) is 9.97 Å². The van der Waals surface area contributed by atoms with Crippen LogP contribution < -0.4 is 10.2 Å². The molecule has 0 radical (unpaired) electrons. The first-order valence-electron chi connectivity index (χ1n) is 9.55. The SMILES string of the molecule is Cc1ccc(NC(=O)c2cc(N3CCc4ccccc4C3)nc(C)n2)c(C)c1. The standard InChI is InChI=1S/C23H24N4O/c1-15-8-9-20(16(2)12-15)26-23(28)21-13-22(25-17(3)24-21)27-11-10-18-6-4-5-7-19(18)14-27/h4-9,12-13H,10-11,14H2,1-3H3,(H,26,28). The smallest absolute Gasteiger partial charge is 0.274 e. The largest absolute Gasteiger partial charge is 0.352 e. The van der Waals surface area contributed by atoms with Crippen LogP contribution in [0.25, 0.3) is 0 Å². The molecule has 0 bridgehead atoms. The molecule has 1 N–H and O–H groups in total. The second-order valence-corrected chi connectivity index (χ2v) is 7.37. The summed E-state index contributed by atoms with van der Waals surface area (Å²) >= 11 is 0. The van der Waals surface area contributed by atoms with Gasteiger partial charge in [0.25, 0.3) is 5.91 Å². The predicted molar refractivity (Wildman–Crippen MR) is 112 cm³/mol. The molecule has 0 unspecified atom stereocenters. The number of fused-ring (bicyclic) bond motifs is 1. The lowest BCUT2D eigenvalue weighted by atomic mass is 10.00. The number of benzene rings is 2. The number of carbonyl (C=O) groups is 1. The van der Waals surface area contributed by atoms with Gasteiger partial charge in [-0.25, -0.2) is 9.97 Å². The van der Waals surface area contributed by atoms with Crippen LogP contribution >= 0.6 is 0 Å². The van der Waals surface area contributed by atoms with Crippen LogP contribution in [0.3, 0.4) is 0 Å². The summed E-state index contributed by atoms with van der Waals surface area (Å²) in [6, 6.07) is 16.2. The second-order valence-electron chi connectivity index (χ2n) is 7.37. The van der Waals surface area contributed by atoms with E-state index in [4.69, 9.17) is 0 Å². The van der Waals surface area contributed by atoms with Crippen molar-refractivity contribution in [1.29, 1.82) is 0 Å². The van der Waals surface area contributed by atoms with Crippen LogP contribution in [0, 0.1) is 20.8 Å². The fourth-order valence-electron chi connectivity index (χ4n) is 3.66. The number of carbonyl (C=O) groups excluding carboxylic acids is 1. The molecule has 2 aromatic carbocycles. The maximum atomic E-state index is 12.8. The van der Waals surface area contributed by atoms with Gasteiger partial charge in [-0.15, -0.1) is 0 Å². The Morgan fingerprint density at radius 3 is 2.57 bits per heavy atom. The Morgan fingerprint density at radius 2 is 1.79 bits per heavy atom. The van der Waals surface area contributed by atoms with Crippen LogP contribution in [-0.2, 0) is 13.0 Å². The van der Waals surface area contributed by atoms with Crippen molar-refractivity contribution in [3.63, 3.8) is 0 Å². The van der Waals surface area contributed by atoms with Gasteiger partial charge >= 0.3 is 0 Å². The van der Waals surface area contributed by atoms with Gasteiger partial charge < -0.3 is 10.2 Å². The number of rotatable bonds is 3. The molecule has 0 saturated carbocycles. The molecule has 0 fully saturated rings. The minimum absolute atomic E-state index is 0.212. The Kier molecular flexibility index (Phi) is 4.82. The quantitative estimate of drug-likeness (QED) is 0.748. The summed E-state index contributed by atoms with van der Waals surface area (Å²) in [7, 11) is 0. The lowest BCUT2D eigenvalue weighted by Crippen LogP contribution is -2.31. The highest BCUT2D eigenvalue weighted by Crippen LogP contribution is 2.24. The molecule has 142 valence electrons. The van der Waals surface area contributed by atoms with E-state index in [2.05, 4.69) is 50.5 Å². The highest BCUT2D eigenvalue weighted by Gasteiger charge is 2.20. The van der Waals surface area contributed by atoms with E-state index in [1.807, 2.05) is 32.9 Å².